The number of piperidine rings is 1. The highest BCUT2D eigenvalue weighted by molar-refractivity contribution is 6.05. The van der Waals surface area contributed by atoms with Crippen LogP contribution in [-0.4, -0.2) is 40.1 Å². The second-order valence-electron chi connectivity index (χ2n) is 5.47. The van der Waals surface area contributed by atoms with E-state index in [0.29, 0.717) is 25.1 Å². The zero-order chi connectivity index (χ0) is 14.1. The van der Waals surface area contributed by atoms with Crippen LogP contribution in [0.3, 0.4) is 0 Å². The molecule has 0 spiro atoms. The molecule has 1 N–H and O–H groups in total. The van der Waals surface area contributed by atoms with E-state index < -0.39 is 0 Å². The standard InChI is InChI=1S/C16H18N2O2/c1-11-10-18(9-7-14(11)19)16(20)13-6-2-4-12-5-3-8-17-15(12)13/h2-6,8,11,14,19H,7,9-10H2,1H3. The summed E-state index contributed by atoms with van der Waals surface area (Å²) in [5.41, 5.74) is 1.39. The third-order valence-electron chi connectivity index (χ3n) is 4.01. The molecule has 3 rings (SSSR count). The Kier molecular flexibility index (Phi) is 3.40. The number of para-hydroxylation sites is 1. The van der Waals surface area contributed by atoms with Crippen LogP contribution in [0.25, 0.3) is 10.9 Å². The molecule has 20 heavy (non-hydrogen) atoms. The molecule has 2 unspecified atom stereocenters. The lowest BCUT2D eigenvalue weighted by Crippen LogP contribution is -2.45. The first-order valence-corrected chi connectivity index (χ1v) is 6.98. The van der Waals surface area contributed by atoms with Crippen LogP contribution in [0.15, 0.2) is 36.5 Å². The molecular weight excluding hydrogens is 252 g/mol. The SMILES string of the molecule is CC1CN(C(=O)c2cccc3cccnc23)CCC1O. The summed E-state index contributed by atoms with van der Waals surface area (Å²) in [5.74, 6) is 0.128. The predicted molar refractivity (Wildman–Crippen MR) is 77.4 cm³/mol. The maximum atomic E-state index is 12.7. The van der Waals surface area contributed by atoms with E-state index >= 15 is 0 Å². The quantitative estimate of drug-likeness (QED) is 0.863. The van der Waals surface area contributed by atoms with Crippen LogP contribution >= 0.6 is 0 Å². The van der Waals surface area contributed by atoms with E-state index in [0.717, 1.165) is 10.9 Å². The molecule has 1 amide bonds. The van der Waals surface area contributed by atoms with Crippen molar-refractivity contribution >= 4 is 16.8 Å². The first-order chi connectivity index (χ1) is 9.66. The second-order valence-corrected chi connectivity index (χ2v) is 5.47. The third kappa shape index (κ3) is 2.27. The number of nitrogens with zero attached hydrogens (tertiary/aromatic N) is 2. The summed E-state index contributed by atoms with van der Waals surface area (Å²) in [5, 5.41) is 10.7. The van der Waals surface area contributed by atoms with Gasteiger partial charge in [-0.2, -0.15) is 0 Å². The molecule has 4 heteroatoms. The molecule has 1 saturated heterocycles. The fraction of sp³-hybridized carbons (Fsp3) is 0.375. The van der Waals surface area contributed by atoms with E-state index in [1.54, 1.807) is 6.20 Å². The Balaban J connectivity index is 1.93. The molecule has 0 radical (unpaired) electrons. The van der Waals surface area contributed by atoms with Crippen LogP contribution in [0.2, 0.25) is 0 Å². The Morgan fingerprint density at radius 2 is 2.15 bits per heavy atom. The number of aliphatic hydroxyl groups is 1. The minimum atomic E-state index is -0.301. The lowest BCUT2D eigenvalue weighted by Gasteiger charge is -2.34. The van der Waals surface area contributed by atoms with E-state index in [4.69, 9.17) is 0 Å². The molecule has 1 fully saturated rings. The van der Waals surface area contributed by atoms with Gasteiger partial charge in [-0.25, -0.2) is 0 Å². The van der Waals surface area contributed by atoms with E-state index in [2.05, 4.69) is 4.98 Å². The summed E-state index contributed by atoms with van der Waals surface area (Å²) in [6.07, 6.45) is 2.05. The smallest absolute Gasteiger partial charge is 0.256 e. The van der Waals surface area contributed by atoms with Gasteiger partial charge in [0.1, 0.15) is 0 Å². The van der Waals surface area contributed by atoms with Crippen molar-refractivity contribution in [1.82, 2.24) is 9.88 Å². The van der Waals surface area contributed by atoms with Crippen molar-refractivity contribution in [3.63, 3.8) is 0 Å². The Morgan fingerprint density at radius 3 is 2.95 bits per heavy atom. The molecule has 1 aliphatic heterocycles. The van der Waals surface area contributed by atoms with Gasteiger partial charge in [0.15, 0.2) is 0 Å². The van der Waals surface area contributed by atoms with Gasteiger partial charge in [-0.15, -0.1) is 0 Å². The predicted octanol–water partition coefficient (Wildman–Crippen LogP) is 2.08. The van der Waals surface area contributed by atoms with Crippen molar-refractivity contribution in [2.45, 2.75) is 19.4 Å². The zero-order valence-electron chi connectivity index (χ0n) is 11.5. The van der Waals surface area contributed by atoms with Crippen LogP contribution < -0.4 is 0 Å². The van der Waals surface area contributed by atoms with Crippen molar-refractivity contribution in [3.8, 4) is 0 Å². The van der Waals surface area contributed by atoms with Gasteiger partial charge < -0.3 is 10.0 Å². The topological polar surface area (TPSA) is 53.4 Å². The van der Waals surface area contributed by atoms with Gasteiger partial charge in [0.25, 0.3) is 5.91 Å². The number of hydrogen-bond acceptors (Lipinski definition) is 3. The van der Waals surface area contributed by atoms with Gasteiger partial charge in [0.05, 0.1) is 17.2 Å². The monoisotopic (exact) mass is 270 g/mol. The van der Waals surface area contributed by atoms with E-state index in [-0.39, 0.29) is 17.9 Å². The third-order valence-corrected chi connectivity index (χ3v) is 4.01. The van der Waals surface area contributed by atoms with E-state index in [1.165, 1.54) is 0 Å². The number of aromatic nitrogens is 1. The number of fused-ring (bicyclic) bond motifs is 1. The maximum absolute atomic E-state index is 12.7. The van der Waals surface area contributed by atoms with Crippen LogP contribution in [0.1, 0.15) is 23.7 Å². The summed E-state index contributed by atoms with van der Waals surface area (Å²) in [6.45, 7) is 3.18. The Bertz CT molecular complexity index is 636. The summed E-state index contributed by atoms with van der Waals surface area (Å²) >= 11 is 0. The van der Waals surface area contributed by atoms with Crippen LogP contribution in [0.4, 0.5) is 0 Å². The Labute approximate surface area is 118 Å². The minimum Gasteiger partial charge on any atom is -0.393 e. The zero-order valence-corrected chi connectivity index (χ0v) is 11.5. The molecule has 2 aromatic rings. The number of carbonyl (C=O) groups excluding carboxylic acids is 1. The molecule has 0 bridgehead atoms. The maximum Gasteiger partial charge on any atom is 0.256 e. The highest BCUT2D eigenvalue weighted by Gasteiger charge is 2.28. The van der Waals surface area contributed by atoms with Gasteiger partial charge in [0, 0.05) is 24.7 Å². The largest absolute Gasteiger partial charge is 0.393 e. The lowest BCUT2D eigenvalue weighted by molar-refractivity contribution is 0.0298. The number of benzene rings is 1. The molecule has 0 aliphatic carbocycles. The van der Waals surface area contributed by atoms with Crippen molar-refractivity contribution in [2.75, 3.05) is 13.1 Å². The first-order valence-electron chi connectivity index (χ1n) is 6.98. The Hall–Kier alpha value is -1.94. The number of amides is 1. The molecule has 1 aliphatic rings. The molecule has 2 atom stereocenters. The number of hydrogen-bond donors (Lipinski definition) is 1. The summed E-state index contributed by atoms with van der Waals surface area (Å²) in [6, 6.07) is 9.51. The van der Waals surface area contributed by atoms with Gasteiger partial charge in [-0.1, -0.05) is 25.1 Å². The Morgan fingerprint density at radius 1 is 1.35 bits per heavy atom. The van der Waals surface area contributed by atoms with Crippen LogP contribution in [-0.2, 0) is 0 Å². The molecule has 1 aromatic carbocycles. The highest BCUT2D eigenvalue weighted by atomic mass is 16.3. The van der Waals surface area contributed by atoms with E-state index in [1.807, 2.05) is 42.2 Å². The van der Waals surface area contributed by atoms with Gasteiger partial charge >= 0.3 is 0 Å². The van der Waals surface area contributed by atoms with Crippen molar-refractivity contribution in [2.24, 2.45) is 5.92 Å². The van der Waals surface area contributed by atoms with Crippen molar-refractivity contribution in [3.05, 3.63) is 42.1 Å². The van der Waals surface area contributed by atoms with E-state index in [9.17, 15) is 9.90 Å². The number of aliphatic hydroxyl groups excluding tert-OH is 1. The number of pyridine rings is 1. The van der Waals surface area contributed by atoms with Gasteiger partial charge in [-0.05, 0) is 24.5 Å². The van der Waals surface area contributed by atoms with Gasteiger partial charge in [-0.3, -0.25) is 9.78 Å². The molecule has 2 heterocycles. The minimum absolute atomic E-state index is 0.00745. The summed E-state index contributed by atoms with van der Waals surface area (Å²) < 4.78 is 0. The molecule has 0 saturated carbocycles. The fourth-order valence-electron chi connectivity index (χ4n) is 2.76. The number of carbonyl (C=O) groups is 1. The molecule has 1 aromatic heterocycles. The van der Waals surface area contributed by atoms with Gasteiger partial charge in [0.2, 0.25) is 0 Å². The molecule has 4 nitrogen and oxygen atoms in total. The van der Waals surface area contributed by atoms with Crippen LogP contribution in [0.5, 0.6) is 0 Å². The highest BCUT2D eigenvalue weighted by Crippen LogP contribution is 2.22. The summed E-state index contributed by atoms with van der Waals surface area (Å²) in [7, 11) is 0. The average molecular weight is 270 g/mol. The molecular formula is C16H18N2O2. The molecule has 104 valence electrons. The van der Waals surface area contributed by atoms with Crippen molar-refractivity contribution < 1.29 is 9.90 Å². The first kappa shape index (κ1) is 13.1. The normalized spacial score (nSPS) is 23.0. The fourth-order valence-corrected chi connectivity index (χ4v) is 2.76. The second kappa shape index (κ2) is 5.21. The lowest BCUT2D eigenvalue weighted by atomic mass is 9.96. The van der Waals surface area contributed by atoms with Crippen molar-refractivity contribution in [1.29, 1.82) is 0 Å². The summed E-state index contributed by atoms with van der Waals surface area (Å²) in [4.78, 5) is 18.8. The number of likely N-dealkylation sites (tertiary alicyclic amines) is 1. The van der Waals surface area contributed by atoms with Crippen LogP contribution in [0, 0.1) is 5.92 Å². The average Bonchev–Trinajstić information content (AvgIpc) is 2.49. The number of rotatable bonds is 1.